The zero-order valence-corrected chi connectivity index (χ0v) is 17.5. The van der Waals surface area contributed by atoms with Gasteiger partial charge in [0.25, 0.3) is 10.0 Å². The first kappa shape index (κ1) is 21.0. The molecule has 0 spiro atoms. The lowest BCUT2D eigenvalue weighted by Gasteiger charge is -2.24. The number of rotatable bonds is 6. The van der Waals surface area contributed by atoms with Gasteiger partial charge in [0, 0.05) is 11.8 Å². The predicted molar refractivity (Wildman–Crippen MR) is 114 cm³/mol. The van der Waals surface area contributed by atoms with Crippen LogP contribution in [0.4, 0.5) is 15.8 Å². The van der Waals surface area contributed by atoms with Crippen LogP contribution in [0.15, 0.2) is 71.6 Å². The monoisotopic (exact) mass is 462 g/mol. The number of benzene rings is 3. The standard InChI is InChI=1S/C21H16ClFN2O5S/c22-17-11-15(7-8-18(17)23)25(31(27,28)16-4-2-1-3-5-16)12-21(26)24-14-6-9-19-20(10-14)30-13-29-19/h1-11H,12-13H2,(H,24,26). The second-order valence-corrected chi connectivity index (χ2v) is 8.81. The Hall–Kier alpha value is -3.30. The fourth-order valence-corrected chi connectivity index (χ4v) is 4.59. The molecule has 160 valence electrons. The third-order valence-electron chi connectivity index (χ3n) is 4.47. The molecule has 0 aromatic heterocycles. The fraction of sp³-hybridized carbons (Fsp3) is 0.0952. The Bertz CT molecular complexity index is 1240. The quantitative estimate of drug-likeness (QED) is 0.597. The number of nitrogens with zero attached hydrogens (tertiary/aromatic N) is 1. The van der Waals surface area contributed by atoms with E-state index in [1.807, 2.05) is 0 Å². The molecule has 4 rings (SSSR count). The summed E-state index contributed by atoms with van der Waals surface area (Å²) in [5.41, 5.74) is 0.458. The number of anilines is 2. The highest BCUT2D eigenvalue weighted by Gasteiger charge is 2.28. The Labute approximate surface area is 183 Å². The molecule has 31 heavy (non-hydrogen) atoms. The molecule has 1 aliphatic rings. The van der Waals surface area contributed by atoms with E-state index in [4.69, 9.17) is 21.1 Å². The average Bonchev–Trinajstić information content (AvgIpc) is 3.22. The molecule has 0 radical (unpaired) electrons. The van der Waals surface area contributed by atoms with Crippen LogP contribution in [0.25, 0.3) is 0 Å². The van der Waals surface area contributed by atoms with E-state index in [9.17, 15) is 17.6 Å². The van der Waals surface area contributed by atoms with E-state index in [1.165, 1.54) is 18.2 Å². The Morgan fingerprint density at radius 2 is 1.77 bits per heavy atom. The molecule has 10 heteroatoms. The van der Waals surface area contributed by atoms with Gasteiger partial charge in [-0.2, -0.15) is 0 Å². The first-order valence-corrected chi connectivity index (χ1v) is 10.9. The van der Waals surface area contributed by atoms with Gasteiger partial charge in [-0.25, -0.2) is 12.8 Å². The Balaban J connectivity index is 1.64. The van der Waals surface area contributed by atoms with Gasteiger partial charge in [0.05, 0.1) is 15.6 Å². The van der Waals surface area contributed by atoms with E-state index in [1.54, 1.807) is 36.4 Å². The number of fused-ring (bicyclic) bond motifs is 1. The van der Waals surface area contributed by atoms with Gasteiger partial charge in [0.15, 0.2) is 11.5 Å². The van der Waals surface area contributed by atoms with Crippen molar-refractivity contribution in [1.82, 2.24) is 0 Å². The maximum Gasteiger partial charge on any atom is 0.264 e. The normalized spacial score (nSPS) is 12.5. The van der Waals surface area contributed by atoms with Crippen molar-refractivity contribution in [2.24, 2.45) is 0 Å². The topological polar surface area (TPSA) is 84.9 Å². The van der Waals surface area contributed by atoms with Crippen LogP contribution < -0.4 is 19.1 Å². The van der Waals surface area contributed by atoms with Crippen molar-refractivity contribution in [3.05, 3.63) is 77.6 Å². The van der Waals surface area contributed by atoms with E-state index < -0.39 is 28.3 Å². The number of carbonyl (C=O) groups excluding carboxylic acids is 1. The third-order valence-corrected chi connectivity index (χ3v) is 6.54. The average molecular weight is 463 g/mol. The lowest BCUT2D eigenvalue weighted by atomic mass is 10.2. The van der Waals surface area contributed by atoms with Gasteiger partial charge in [0.2, 0.25) is 12.7 Å². The number of halogens is 2. The summed E-state index contributed by atoms with van der Waals surface area (Å²) in [5, 5.41) is 2.37. The molecule has 0 atom stereocenters. The number of sulfonamides is 1. The zero-order valence-electron chi connectivity index (χ0n) is 15.9. The summed E-state index contributed by atoms with van der Waals surface area (Å²) >= 11 is 5.85. The molecular weight excluding hydrogens is 447 g/mol. The third kappa shape index (κ3) is 4.42. The van der Waals surface area contributed by atoms with Crippen molar-refractivity contribution in [3.63, 3.8) is 0 Å². The summed E-state index contributed by atoms with van der Waals surface area (Å²) in [6.45, 7) is -0.477. The first-order chi connectivity index (χ1) is 14.8. The first-order valence-electron chi connectivity index (χ1n) is 9.07. The van der Waals surface area contributed by atoms with Crippen LogP contribution >= 0.6 is 11.6 Å². The Morgan fingerprint density at radius 3 is 2.52 bits per heavy atom. The minimum atomic E-state index is -4.13. The van der Waals surface area contributed by atoms with E-state index in [-0.39, 0.29) is 22.4 Å². The van der Waals surface area contributed by atoms with E-state index in [0.717, 1.165) is 16.4 Å². The lowest BCUT2D eigenvalue weighted by Crippen LogP contribution is -2.38. The second kappa shape index (κ2) is 8.44. The number of hydrogen-bond donors (Lipinski definition) is 1. The van der Waals surface area contributed by atoms with Crippen molar-refractivity contribution >= 4 is 38.9 Å². The SMILES string of the molecule is O=C(CN(c1ccc(F)c(Cl)c1)S(=O)(=O)c1ccccc1)Nc1ccc2c(c1)OCO2. The molecule has 1 amide bonds. The smallest absolute Gasteiger partial charge is 0.264 e. The number of hydrogen-bond acceptors (Lipinski definition) is 5. The number of carbonyl (C=O) groups is 1. The van der Waals surface area contributed by atoms with Gasteiger partial charge in [-0.05, 0) is 42.5 Å². The fourth-order valence-electron chi connectivity index (χ4n) is 2.98. The van der Waals surface area contributed by atoms with Gasteiger partial charge < -0.3 is 14.8 Å². The molecule has 0 bridgehead atoms. The molecule has 3 aromatic carbocycles. The minimum absolute atomic E-state index is 0.0219. The van der Waals surface area contributed by atoms with E-state index in [2.05, 4.69) is 5.32 Å². The second-order valence-electron chi connectivity index (χ2n) is 6.54. The molecule has 1 heterocycles. The molecule has 0 aliphatic carbocycles. The van der Waals surface area contributed by atoms with E-state index in [0.29, 0.717) is 17.2 Å². The van der Waals surface area contributed by atoms with Gasteiger partial charge in [-0.3, -0.25) is 9.10 Å². The molecule has 0 fully saturated rings. The highest BCUT2D eigenvalue weighted by Crippen LogP contribution is 2.34. The molecule has 0 saturated carbocycles. The van der Waals surface area contributed by atoms with Crippen molar-refractivity contribution in [3.8, 4) is 11.5 Å². The molecule has 3 aromatic rings. The maximum atomic E-state index is 13.6. The van der Waals surface area contributed by atoms with Crippen molar-refractivity contribution in [2.75, 3.05) is 23.0 Å². The molecule has 0 unspecified atom stereocenters. The zero-order chi connectivity index (χ0) is 22.0. The van der Waals surface area contributed by atoms with Crippen LogP contribution in [0.1, 0.15) is 0 Å². The maximum absolute atomic E-state index is 13.6. The van der Waals surface area contributed by atoms with Crippen molar-refractivity contribution < 1.29 is 27.1 Å². The van der Waals surface area contributed by atoms with Gasteiger partial charge in [-0.1, -0.05) is 29.8 Å². The number of amides is 1. The van der Waals surface area contributed by atoms with Crippen LogP contribution in [0, 0.1) is 5.82 Å². The molecule has 7 nitrogen and oxygen atoms in total. The van der Waals surface area contributed by atoms with Crippen LogP contribution in [0.5, 0.6) is 11.5 Å². The summed E-state index contributed by atoms with van der Waals surface area (Å²) in [4.78, 5) is 12.7. The summed E-state index contributed by atoms with van der Waals surface area (Å²) in [6.07, 6.45) is 0. The van der Waals surface area contributed by atoms with Crippen LogP contribution in [-0.4, -0.2) is 27.7 Å². The van der Waals surface area contributed by atoms with Crippen LogP contribution in [-0.2, 0) is 14.8 Å². The van der Waals surface area contributed by atoms with Gasteiger partial charge in [0.1, 0.15) is 12.4 Å². The van der Waals surface area contributed by atoms with Crippen LogP contribution in [0.3, 0.4) is 0 Å². The molecule has 0 saturated heterocycles. The summed E-state index contributed by atoms with van der Waals surface area (Å²) in [6, 6.07) is 15.9. The number of ether oxygens (including phenoxy) is 2. The van der Waals surface area contributed by atoms with Crippen LogP contribution in [0.2, 0.25) is 5.02 Å². The van der Waals surface area contributed by atoms with Gasteiger partial charge >= 0.3 is 0 Å². The summed E-state index contributed by atoms with van der Waals surface area (Å²) in [7, 11) is -4.13. The summed E-state index contributed by atoms with van der Waals surface area (Å²) < 4.78 is 51.5. The Morgan fingerprint density at radius 1 is 1.03 bits per heavy atom. The van der Waals surface area contributed by atoms with Crippen molar-refractivity contribution in [2.45, 2.75) is 4.90 Å². The minimum Gasteiger partial charge on any atom is -0.454 e. The lowest BCUT2D eigenvalue weighted by molar-refractivity contribution is -0.114. The van der Waals surface area contributed by atoms with Gasteiger partial charge in [-0.15, -0.1) is 0 Å². The number of nitrogens with one attached hydrogen (secondary N) is 1. The molecule has 1 N–H and O–H groups in total. The molecule has 1 aliphatic heterocycles. The highest BCUT2D eigenvalue weighted by atomic mass is 35.5. The highest BCUT2D eigenvalue weighted by molar-refractivity contribution is 7.92. The Kier molecular flexibility index (Phi) is 5.71. The predicted octanol–water partition coefficient (Wildman–Crippen LogP) is 4.04. The largest absolute Gasteiger partial charge is 0.454 e. The summed E-state index contributed by atoms with van der Waals surface area (Å²) in [5.74, 6) is -0.296. The van der Waals surface area contributed by atoms with E-state index >= 15 is 0 Å². The van der Waals surface area contributed by atoms with Crippen molar-refractivity contribution in [1.29, 1.82) is 0 Å². The molecular formula is C21H16ClFN2O5S.